The maximum atomic E-state index is 5.91. The number of ether oxygens (including phenoxy) is 1. The molecule has 2 N–H and O–H groups in total. The van der Waals surface area contributed by atoms with E-state index in [2.05, 4.69) is 39.7 Å². The molecule has 28 heavy (non-hydrogen) atoms. The van der Waals surface area contributed by atoms with E-state index in [0.29, 0.717) is 19.0 Å². The molecule has 0 bridgehead atoms. The first-order chi connectivity index (χ1) is 13.2. The largest absolute Gasteiger partial charge is 0.473 e. The average Bonchev–Trinajstić information content (AvgIpc) is 3.13. The van der Waals surface area contributed by atoms with Gasteiger partial charge in [-0.1, -0.05) is 36.4 Å². The second-order valence-corrected chi connectivity index (χ2v) is 7.41. The van der Waals surface area contributed by atoms with Gasteiger partial charge < -0.3 is 15.4 Å². The molecule has 0 saturated heterocycles. The third kappa shape index (κ3) is 6.79. The fourth-order valence-corrected chi connectivity index (χ4v) is 3.40. The van der Waals surface area contributed by atoms with Crippen LogP contribution in [-0.2, 0) is 19.7 Å². The topological polar surface area (TPSA) is 58.5 Å². The molecule has 0 aliphatic heterocycles. The van der Waals surface area contributed by atoms with Gasteiger partial charge in [0.2, 0.25) is 5.88 Å². The highest BCUT2D eigenvalue weighted by molar-refractivity contribution is 14.0. The Morgan fingerprint density at radius 1 is 1.04 bits per heavy atom. The Hall–Kier alpha value is -2.13. The van der Waals surface area contributed by atoms with Crippen LogP contribution in [0.3, 0.4) is 0 Å². The van der Waals surface area contributed by atoms with Crippen LogP contribution in [-0.4, -0.2) is 18.0 Å². The number of nitrogens with one attached hydrogen (secondary N) is 2. The number of guanidine groups is 1. The average molecular weight is 508 g/mol. The van der Waals surface area contributed by atoms with Crippen molar-refractivity contribution >= 4 is 41.3 Å². The molecule has 0 atom stereocenters. The van der Waals surface area contributed by atoms with Gasteiger partial charge in [-0.05, 0) is 30.7 Å². The van der Waals surface area contributed by atoms with E-state index in [0.717, 1.165) is 23.6 Å². The number of halogens is 1. The minimum Gasteiger partial charge on any atom is -0.473 e. The number of thiophene rings is 1. The van der Waals surface area contributed by atoms with Crippen molar-refractivity contribution in [2.45, 2.75) is 26.6 Å². The van der Waals surface area contributed by atoms with E-state index >= 15 is 0 Å². The van der Waals surface area contributed by atoms with Gasteiger partial charge in [0.1, 0.15) is 6.61 Å². The van der Waals surface area contributed by atoms with Crippen molar-refractivity contribution in [1.82, 2.24) is 15.6 Å². The molecule has 0 aliphatic rings. The highest BCUT2D eigenvalue weighted by Crippen LogP contribution is 2.16. The number of aliphatic imine (C=N–C) groups is 1. The van der Waals surface area contributed by atoms with Crippen molar-refractivity contribution in [1.29, 1.82) is 0 Å². The van der Waals surface area contributed by atoms with Crippen LogP contribution in [0.2, 0.25) is 0 Å². The number of hydrogen-bond acceptors (Lipinski definition) is 4. The molecule has 5 nitrogen and oxygen atoms in total. The summed E-state index contributed by atoms with van der Waals surface area (Å²) in [6, 6.07) is 18.3. The van der Waals surface area contributed by atoms with Crippen LogP contribution in [0.1, 0.15) is 20.9 Å². The molecule has 0 amide bonds. The van der Waals surface area contributed by atoms with Crippen molar-refractivity contribution in [3.8, 4) is 5.88 Å². The van der Waals surface area contributed by atoms with E-state index in [1.807, 2.05) is 42.5 Å². The normalized spacial score (nSPS) is 10.9. The molecule has 0 fully saturated rings. The summed E-state index contributed by atoms with van der Waals surface area (Å²) in [6.07, 6.45) is 1.75. The quantitative estimate of drug-likeness (QED) is 0.280. The lowest BCUT2D eigenvalue weighted by atomic mass is 10.2. The van der Waals surface area contributed by atoms with Crippen LogP contribution in [0.5, 0.6) is 5.88 Å². The van der Waals surface area contributed by atoms with Gasteiger partial charge in [-0.15, -0.1) is 35.3 Å². The molecule has 2 heterocycles. The van der Waals surface area contributed by atoms with Crippen LogP contribution in [0.25, 0.3) is 0 Å². The second kappa shape index (κ2) is 11.7. The number of pyridine rings is 1. The Bertz CT molecular complexity index is 883. The number of rotatable bonds is 7. The summed E-state index contributed by atoms with van der Waals surface area (Å²) in [5.41, 5.74) is 2.11. The fraction of sp³-hybridized carbons (Fsp3) is 0.238. The summed E-state index contributed by atoms with van der Waals surface area (Å²) in [6.45, 7) is 3.94. The van der Waals surface area contributed by atoms with E-state index in [-0.39, 0.29) is 24.0 Å². The number of benzene rings is 1. The SMILES string of the molecule is CN=C(NCc1ccc(C)s1)NCc1cccnc1OCc1ccccc1.I. The van der Waals surface area contributed by atoms with E-state index in [9.17, 15) is 0 Å². The third-order valence-electron chi connectivity index (χ3n) is 3.96. The monoisotopic (exact) mass is 508 g/mol. The molecular weight excluding hydrogens is 483 g/mol. The molecule has 148 valence electrons. The van der Waals surface area contributed by atoms with E-state index in [1.54, 1.807) is 24.6 Å². The molecule has 3 aromatic rings. The first-order valence-electron chi connectivity index (χ1n) is 8.85. The molecule has 0 unspecified atom stereocenters. The lowest BCUT2D eigenvalue weighted by Gasteiger charge is -2.14. The molecule has 1 aromatic carbocycles. The van der Waals surface area contributed by atoms with Crippen LogP contribution in [0.4, 0.5) is 0 Å². The maximum Gasteiger partial charge on any atom is 0.218 e. The number of aryl methyl sites for hydroxylation is 1. The highest BCUT2D eigenvalue weighted by Gasteiger charge is 2.07. The van der Waals surface area contributed by atoms with Crippen LogP contribution in [0, 0.1) is 6.92 Å². The smallest absolute Gasteiger partial charge is 0.218 e. The molecule has 0 aliphatic carbocycles. The minimum absolute atomic E-state index is 0. The Labute approximate surface area is 187 Å². The molecule has 0 saturated carbocycles. The van der Waals surface area contributed by atoms with Crippen LogP contribution >= 0.6 is 35.3 Å². The predicted molar refractivity (Wildman–Crippen MR) is 127 cm³/mol. The number of hydrogen-bond donors (Lipinski definition) is 2. The van der Waals surface area contributed by atoms with Gasteiger partial charge in [-0.3, -0.25) is 4.99 Å². The molecule has 3 rings (SSSR count). The summed E-state index contributed by atoms with van der Waals surface area (Å²) >= 11 is 1.79. The van der Waals surface area contributed by atoms with Crippen LogP contribution < -0.4 is 15.4 Å². The van der Waals surface area contributed by atoms with Crippen molar-refractivity contribution in [3.63, 3.8) is 0 Å². The molecule has 0 radical (unpaired) electrons. The molecule has 2 aromatic heterocycles. The van der Waals surface area contributed by atoms with E-state index < -0.39 is 0 Å². The molecular formula is C21H25IN4OS. The molecule has 7 heteroatoms. The first kappa shape index (κ1) is 22.2. The Balaban J connectivity index is 0.00000280. The second-order valence-electron chi connectivity index (χ2n) is 6.03. The van der Waals surface area contributed by atoms with Gasteiger partial charge in [-0.2, -0.15) is 0 Å². The van der Waals surface area contributed by atoms with Gasteiger partial charge in [-0.25, -0.2) is 4.98 Å². The van der Waals surface area contributed by atoms with Crippen molar-refractivity contribution in [3.05, 3.63) is 81.7 Å². The fourth-order valence-electron chi connectivity index (χ4n) is 2.57. The number of nitrogens with zero attached hydrogens (tertiary/aromatic N) is 2. The van der Waals surface area contributed by atoms with Gasteiger partial charge in [0.05, 0.1) is 6.54 Å². The summed E-state index contributed by atoms with van der Waals surface area (Å²) in [5.74, 6) is 1.39. The zero-order chi connectivity index (χ0) is 18.9. The maximum absolute atomic E-state index is 5.91. The van der Waals surface area contributed by atoms with E-state index in [4.69, 9.17) is 4.74 Å². The lowest BCUT2D eigenvalue weighted by molar-refractivity contribution is 0.290. The van der Waals surface area contributed by atoms with Gasteiger partial charge in [0.15, 0.2) is 5.96 Å². The summed E-state index contributed by atoms with van der Waals surface area (Å²) < 4.78 is 5.91. The summed E-state index contributed by atoms with van der Waals surface area (Å²) in [7, 11) is 1.77. The summed E-state index contributed by atoms with van der Waals surface area (Å²) in [4.78, 5) is 11.3. The molecule has 0 spiro atoms. The number of aromatic nitrogens is 1. The van der Waals surface area contributed by atoms with Gasteiger partial charge >= 0.3 is 0 Å². The standard InChI is InChI=1S/C21H24N4OS.HI/c1-16-10-11-19(27-16)14-25-21(22-2)24-13-18-9-6-12-23-20(18)26-15-17-7-4-3-5-8-17;/h3-12H,13-15H2,1-2H3,(H2,22,24,25);1H. The first-order valence-corrected chi connectivity index (χ1v) is 9.66. The zero-order valence-corrected chi connectivity index (χ0v) is 19.2. The lowest BCUT2D eigenvalue weighted by Crippen LogP contribution is -2.36. The van der Waals surface area contributed by atoms with Crippen molar-refractivity contribution in [2.75, 3.05) is 7.05 Å². The third-order valence-corrected chi connectivity index (χ3v) is 4.96. The Morgan fingerprint density at radius 2 is 1.82 bits per heavy atom. The Kier molecular flexibility index (Phi) is 9.22. The van der Waals surface area contributed by atoms with Crippen molar-refractivity contribution in [2.24, 2.45) is 4.99 Å². The van der Waals surface area contributed by atoms with Crippen LogP contribution in [0.15, 0.2) is 65.8 Å². The van der Waals surface area contributed by atoms with E-state index in [1.165, 1.54) is 9.75 Å². The zero-order valence-electron chi connectivity index (χ0n) is 16.0. The van der Waals surface area contributed by atoms with Crippen molar-refractivity contribution < 1.29 is 4.74 Å². The Morgan fingerprint density at radius 3 is 2.54 bits per heavy atom. The highest BCUT2D eigenvalue weighted by atomic mass is 127. The van der Waals surface area contributed by atoms with Gasteiger partial charge in [0.25, 0.3) is 0 Å². The summed E-state index contributed by atoms with van der Waals surface area (Å²) in [5, 5.41) is 6.66. The van der Waals surface area contributed by atoms with Gasteiger partial charge in [0, 0.05) is 35.1 Å². The minimum atomic E-state index is 0. The predicted octanol–water partition coefficient (Wildman–Crippen LogP) is 4.51.